The Balaban J connectivity index is 2.56. The number of imidazole rings is 1. The number of aromatic nitrogens is 2. The van der Waals surface area contributed by atoms with E-state index in [0.29, 0.717) is 12.5 Å². The molecule has 0 aliphatic rings. The van der Waals surface area contributed by atoms with Crippen LogP contribution in [0.2, 0.25) is 0 Å². The van der Waals surface area contributed by atoms with Gasteiger partial charge in [-0.1, -0.05) is 20.8 Å². The van der Waals surface area contributed by atoms with Crippen LogP contribution in [0.5, 0.6) is 0 Å². The summed E-state index contributed by atoms with van der Waals surface area (Å²) in [4.78, 5) is 15.7. The van der Waals surface area contributed by atoms with Gasteiger partial charge >= 0.3 is 0 Å². The molecular weight excluding hydrogens is 216 g/mol. The number of carbonyl (C=O) groups is 1. The quantitative estimate of drug-likeness (QED) is 0.778. The summed E-state index contributed by atoms with van der Waals surface area (Å²) in [6.45, 7) is 7.13. The summed E-state index contributed by atoms with van der Waals surface area (Å²) in [7, 11) is 0. The van der Waals surface area contributed by atoms with E-state index in [9.17, 15) is 4.79 Å². The fourth-order valence-corrected chi connectivity index (χ4v) is 1.51. The third-order valence-corrected chi connectivity index (χ3v) is 2.59. The van der Waals surface area contributed by atoms with Gasteiger partial charge < -0.3 is 15.6 Å². The van der Waals surface area contributed by atoms with E-state index in [4.69, 9.17) is 5.73 Å². The van der Waals surface area contributed by atoms with E-state index in [1.54, 1.807) is 12.5 Å². The SMILES string of the molecule is CC[C@@H](N)c1cncn1CC(=O)NCC(C)C. The number of nitrogens with one attached hydrogen (secondary N) is 1. The van der Waals surface area contributed by atoms with E-state index in [1.807, 2.05) is 11.5 Å². The van der Waals surface area contributed by atoms with Gasteiger partial charge in [-0.05, 0) is 12.3 Å². The zero-order chi connectivity index (χ0) is 12.8. The van der Waals surface area contributed by atoms with Gasteiger partial charge in [0.1, 0.15) is 6.54 Å². The molecule has 17 heavy (non-hydrogen) atoms. The molecule has 0 aromatic carbocycles. The molecule has 0 aliphatic carbocycles. The molecule has 3 N–H and O–H groups in total. The van der Waals surface area contributed by atoms with E-state index in [0.717, 1.165) is 12.1 Å². The summed E-state index contributed by atoms with van der Waals surface area (Å²) in [6, 6.07) is -0.0598. The van der Waals surface area contributed by atoms with Gasteiger partial charge in [-0.3, -0.25) is 4.79 Å². The standard InChI is InChI=1S/C12H22N4O/c1-4-10(13)11-6-14-8-16(11)7-12(17)15-5-9(2)3/h6,8-10H,4-5,7,13H2,1-3H3,(H,15,17)/t10-/m1/s1. The van der Waals surface area contributed by atoms with Crippen LogP contribution in [0.1, 0.15) is 38.9 Å². The molecule has 0 fully saturated rings. The van der Waals surface area contributed by atoms with E-state index >= 15 is 0 Å². The zero-order valence-corrected chi connectivity index (χ0v) is 10.8. The summed E-state index contributed by atoms with van der Waals surface area (Å²) in [5, 5.41) is 2.88. The first-order valence-electron chi connectivity index (χ1n) is 6.06. The Morgan fingerprint density at radius 3 is 2.88 bits per heavy atom. The second kappa shape index (κ2) is 6.39. The second-order valence-corrected chi connectivity index (χ2v) is 4.66. The zero-order valence-electron chi connectivity index (χ0n) is 10.8. The van der Waals surface area contributed by atoms with Gasteiger partial charge in [0, 0.05) is 18.8 Å². The summed E-state index contributed by atoms with van der Waals surface area (Å²) in [5.41, 5.74) is 6.85. The van der Waals surface area contributed by atoms with Crippen molar-refractivity contribution in [2.45, 2.75) is 39.8 Å². The van der Waals surface area contributed by atoms with Crippen LogP contribution in [0.3, 0.4) is 0 Å². The summed E-state index contributed by atoms with van der Waals surface area (Å²) in [6.07, 6.45) is 4.21. The van der Waals surface area contributed by atoms with Crippen molar-refractivity contribution in [2.24, 2.45) is 11.7 Å². The molecule has 0 aliphatic heterocycles. The lowest BCUT2D eigenvalue weighted by Gasteiger charge is -2.13. The van der Waals surface area contributed by atoms with E-state index in [-0.39, 0.29) is 18.5 Å². The number of carbonyl (C=O) groups excluding carboxylic acids is 1. The lowest BCUT2D eigenvalue weighted by atomic mass is 10.2. The van der Waals surface area contributed by atoms with Crippen LogP contribution < -0.4 is 11.1 Å². The number of hydrogen-bond donors (Lipinski definition) is 2. The predicted molar refractivity (Wildman–Crippen MR) is 67.3 cm³/mol. The molecule has 5 heteroatoms. The Bertz CT molecular complexity index is 359. The Morgan fingerprint density at radius 1 is 1.59 bits per heavy atom. The Morgan fingerprint density at radius 2 is 2.29 bits per heavy atom. The van der Waals surface area contributed by atoms with Crippen molar-refractivity contribution >= 4 is 5.91 Å². The molecule has 1 amide bonds. The van der Waals surface area contributed by atoms with Gasteiger partial charge in [0.15, 0.2) is 0 Å². The van der Waals surface area contributed by atoms with Crippen LogP contribution in [0, 0.1) is 5.92 Å². The topological polar surface area (TPSA) is 72.9 Å². The van der Waals surface area contributed by atoms with Crippen LogP contribution in [-0.2, 0) is 11.3 Å². The van der Waals surface area contributed by atoms with Crippen LogP contribution in [0.4, 0.5) is 0 Å². The average Bonchev–Trinajstić information content (AvgIpc) is 2.73. The summed E-state index contributed by atoms with van der Waals surface area (Å²) < 4.78 is 1.81. The average molecular weight is 238 g/mol. The van der Waals surface area contributed by atoms with Gasteiger partial charge in [0.05, 0.1) is 12.0 Å². The molecule has 1 rings (SSSR count). The number of nitrogens with two attached hydrogens (primary N) is 1. The number of hydrogen-bond acceptors (Lipinski definition) is 3. The van der Waals surface area contributed by atoms with Crippen LogP contribution >= 0.6 is 0 Å². The molecule has 1 heterocycles. The monoisotopic (exact) mass is 238 g/mol. The van der Waals surface area contributed by atoms with Crippen LogP contribution in [0.25, 0.3) is 0 Å². The molecular formula is C12H22N4O. The van der Waals surface area contributed by atoms with Crippen molar-refractivity contribution in [2.75, 3.05) is 6.54 Å². The van der Waals surface area contributed by atoms with Crippen molar-refractivity contribution in [3.8, 4) is 0 Å². The molecule has 0 spiro atoms. The predicted octanol–water partition coefficient (Wildman–Crippen LogP) is 1.07. The molecule has 0 saturated heterocycles. The number of rotatable bonds is 6. The molecule has 1 atom stereocenters. The maximum Gasteiger partial charge on any atom is 0.239 e. The fourth-order valence-electron chi connectivity index (χ4n) is 1.51. The third kappa shape index (κ3) is 4.19. The number of amides is 1. The Hall–Kier alpha value is -1.36. The van der Waals surface area contributed by atoms with E-state index in [2.05, 4.69) is 24.1 Å². The molecule has 1 aromatic rings. The lowest BCUT2D eigenvalue weighted by molar-refractivity contribution is -0.121. The van der Waals surface area contributed by atoms with E-state index in [1.165, 1.54) is 0 Å². The van der Waals surface area contributed by atoms with Gasteiger partial charge in [0.25, 0.3) is 0 Å². The van der Waals surface area contributed by atoms with E-state index < -0.39 is 0 Å². The normalized spacial score (nSPS) is 12.8. The molecule has 0 bridgehead atoms. The molecule has 1 aromatic heterocycles. The molecule has 0 unspecified atom stereocenters. The van der Waals surface area contributed by atoms with Gasteiger partial charge in [0.2, 0.25) is 5.91 Å². The highest BCUT2D eigenvalue weighted by Crippen LogP contribution is 2.12. The minimum atomic E-state index is -0.0598. The first-order chi connectivity index (χ1) is 8.04. The minimum absolute atomic E-state index is 0.00116. The molecule has 5 nitrogen and oxygen atoms in total. The Labute approximate surface area is 102 Å². The first-order valence-corrected chi connectivity index (χ1v) is 6.06. The van der Waals surface area contributed by atoms with Crippen molar-refractivity contribution in [1.29, 1.82) is 0 Å². The maximum absolute atomic E-state index is 11.7. The Kier molecular flexibility index (Phi) is 5.15. The fraction of sp³-hybridized carbons (Fsp3) is 0.667. The first kappa shape index (κ1) is 13.7. The largest absolute Gasteiger partial charge is 0.354 e. The van der Waals surface area contributed by atoms with Crippen molar-refractivity contribution in [3.05, 3.63) is 18.2 Å². The molecule has 0 saturated carbocycles. The maximum atomic E-state index is 11.7. The van der Waals surface area contributed by atoms with Gasteiger partial charge in [-0.15, -0.1) is 0 Å². The second-order valence-electron chi connectivity index (χ2n) is 4.66. The van der Waals surface area contributed by atoms with Crippen LogP contribution in [0.15, 0.2) is 12.5 Å². The van der Waals surface area contributed by atoms with Crippen LogP contribution in [-0.4, -0.2) is 22.0 Å². The molecule has 96 valence electrons. The minimum Gasteiger partial charge on any atom is -0.354 e. The van der Waals surface area contributed by atoms with Crippen molar-refractivity contribution in [3.63, 3.8) is 0 Å². The highest BCUT2D eigenvalue weighted by molar-refractivity contribution is 5.75. The third-order valence-electron chi connectivity index (χ3n) is 2.59. The van der Waals surface area contributed by atoms with Gasteiger partial charge in [-0.25, -0.2) is 4.98 Å². The lowest BCUT2D eigenvalue weighted by Crippen LogP contribution is -2.31. The summed E-state index contributed by atoms with van der Waals surface area (Å²) >= 11 is 0. The highest BCUT2D eigenvalue weighted by Gasteiger charge is 2.12. The molecule has 0 radical (unpaired) electrons. The van der Waals surface area contributed by atoms with Crippen molar-refractivity contribution < 1.29 is 4.79 Å². The summed E-state index contributed by atoms with van der Waals surface area (Å²) in [5.74, 6) is 0.459. The van der Waals surface area contributed by atoms with Gasteiger partial charge in [-0.2, -0.15) is 0 Å². The van der Waals surface area contributed by atoms with Crippen molar-refractivity contribution in [1.82, 2.24) is 14.9 Å². The highest BCUT2D eigenvalue weighted by atomic mass is 16.1. The number of nitrogens with zero attached hydrogens (tertiary/aromatic N) is 2. The smallest absolute Gasteiger partial charge is 0.239 e.